The first-order valence-corrected chi connectivity index (χ1v) is 11.3. The highest BCUT2D eigenvalue weighted by Crippen LogP contribution is 2.28. The molecule has 3 aliphatic rings. The number of anilines is 2. The van der Waals surface area contributed by atoms with Crippen LogP contribution >= 0.6 is 0 Å². The van der Waals surface area contributed by atoms with Gasteiger partial charge < -0.3 is 29.7 Å². The summed E-state index contributed by atoms with van der Waals surface area (Å²) in [7, 11) is 3.21. The number of rotatable bonds is 4. The normalized spacial score (nSPS) is 21.2. The highest BCUT2D eigenvalue weighted by Gasteiger charge is 2.33. The lowest BCUT2D eigenvalue weighted by Gasteiger charge is -2.37. The number of carbonyl (C=O) groups excluding carboxylic acids is 1. The summed E-state index contributed by atoms with van der Waals surface area (Å²) in [5.41, 5.74) is 7.40. The predicted octanol–water partition coefficient (Wildman–Crippen LogP) is 0.0550. The summed E-state index contributed by atoms with van der Waals surface area (Å²) in [4.78, 5) is 26.3. The van der Waals surface area contributed by atoms with Crippen molar-refractivity contribution in [3.8, 4) is 5.75 Å². The van der Waals surface area contributed by atoms with E-state index in [1.807, 2.05) is 35.3 Å². The SMILES string of the molecule is COC1(OC)C=c2nc(N3CCN(C(=O)C4CCc5ccccc5O4)CC3)nc(N)c2=CC1. The molecule has 9 nitrogen and oxygen atoms in total. The second kappa shape index (κ2) is 8.64. The smallest absolute Gasteiger partial charge is 0.263 e. The lowest BCUT2D eigenvalue weighted by atomic mass is 10.0. The number of benzene rings is 1. The van der Waals surface area contributed by atoms with Gasteiger partial charge in [-0.05, 0) is 24.5 Å². The molecular weight excluding hydrogens is 422 g/mol. The highest BCUT2D eigenvalue weighted by atomic mass is 16.7. The monoisotopic (exact) mass is 451 g/mol. The van der Waals surface area contributed by atoms with Crippen molar-refractivity contribution >= 4 is 29.8 Å². The molecule has 33 heavy (non-hydrogen) atoms. The van der Waals surface area contributed by atoms with Crippen molar-refractivity contribution in [2.75, 3.05) is 51.0 Å². The van der Waals surface area contributed by atoms with Crippen LogP contribution in [0, 0.1) is 0 Å². The summed E-state index contributed by atoms with van der Waals surface area (Å²) in [5.74, 6) is 0.987. The van der Waals surface area contributed by atoms with E-state index in [1.54, 1.807) is 14.2 Å². The molecule has 1 aliphatic carbocycles. The third-order valence-corrected chi connectivity index (χ3v) is 6.70. The number of nitrogen functional groups attached to an aromatic ring is 1. The second-order valence-corrected chi connectivity index (χ2v) is 8.55. The summed E-state index contributed by atoms with van der Waals surface area (Å²) >= 11 is 0. The van der Waals surface area contributed by atoms with Gasteiger partial charge in [-0.1, -0.05) is 24.3 Å². The molecule has 2 aromatic rings. The maximum absolute atomic E-state index is 13.1. The molecule has 1 fully saturated rings. The fourth-order valence-corrected chi connectivity index (χ4v) is 4.66. The molecule has 1 aromatic carbocycles. The number of methoxy groups -OCH3 is 2. The van der Waals surface area contributed by atoms with Gasteiger partial charge in [0, 0.05) is 58.1 Å². The summed E-state index contributed by atoms with van der Waals surface area (Å²) in [6.45, 7) is 2.40. The van der Waals surface area contributed by atoms with E-state index in [9.17, 15) is 4.79 Å². The molecule has 1 amide bonds. The number of aromatic nitrogens is 2. The Balaban J connectivity index is 1.28. The molecule has 0 saturated carbocycles. The number of piperazine rings is 1. The maximum Gasteiger partial charge on any atom is 0.263 e. The van der Waals surface area contributed by atoms with Crippen molar-refractivity contribution in [3.63, 3.8) is 0 Å². The lowest BCUT2D eigenvalue weighted by Crippen LogP contribution is -2.54. The molecule has 174 valence electrons. The van der Waals surface area contributed by atoms with Gasteiger partial charge in [0.05, 0.1) is 5.35 Å². The number of amides is 1. The van der Waals surface area contributed by atoms with Crippen molar-refractivity contribution in [1.29, 1.82) is 0 Å². The molecule has 2 aliphatic heterocycles. The number of hydrogen-bond donors (Lipinski definition) is 1. The van der Waals surface area contributed by atoms with E-state index in [0.29, 0.717) is 56.1 Å². The summed E-state index contributed by atoms with van der Waals surface area (Å²) in [5, 5.41) is 1.49. The number of carbonyl (C=O) groups is 1. The average Bonchev–Trinajstić information content (AvgIpc) is 2.87. The third kappa shape index (κ3) is 4.02. The molecule has 1 aromatic heterocycles. The Labute approximate surface area is 192 Å². The van der Waals surface area contributed by atoms with E-state index in [-0.39, 0.29) is 5.91 Å². The van der Waals surface area contributed by atoms with Gasteiger partial charge in [0.15, 0.2) is 11.9 Å². The number of hydrogen-bond acceptors (Lipinski definition) is 8. The maximum atomic E-state index is 13.1. The van der Waals surface area contributed by atoms with Crippen LogP contribution in [0.1, 0.15) is 18.4 Å². The predicted molar refractivity (Wildman–Crippen MR) is 124 cm³/mol. The van der Waals surface area contributed by atoms with Crippen molar-refractivity contribution in [3.05, 3.63) is 40.4 Å². The zero-order valence-corrected chi connectivity index (χ0v) is 19.0. The molecule has 3 heterocycles. The molecule has 0 radical (unpaired) electrons. The second-order valence-electron chi connectivity index (χ2n) is 8.55. The van der Waals surface area contributed by atoms with E-state index >= 15 is 0 Å². The summed E-state index contributed by atoms with van der Waals surface area (Å²) in [6, 6.07) is 7.92. The van der Waals surface area contributed by atoms with Crippen LogP contribution < -0.4 is 25.9 Å². The minimum atomic E-state index is -0.852. The van der Waals surface area contributed by atoms with Crippen molar-refractivity contribution < 1.29 is 19.0 Å². The molecule has 1 atom stereocenters. The van der Waals surface area contributed by atoms with Gasteiger partial charge in [0.1, 0.15) is 11.6 Å². The Kier molecular flexibility index (Phi) is 5.67. The Hall–Kier alpha value is -3.17. The molecule has 5 rings (SSSR count). The largest absolute Gasteiger partial charge is 0.480 e. The Morgan fingerprint density at radius 3 is 2.67 bits per heavy atom. The van der Waals surface area contributed by atoms with E-state index in [2.05, 4.69) is 16.0 Å². The molecule has 1 unspecified atom stereocenters. The van der Waals surface area contributed by atoms with Crippen LogP contribution in [0.5, 0.6) is 5.75 Å². The van der Waals surface area contributed by atoms with E-state index in [4.69, 9.17) is 24.9 Å². The number of para-hydroxylation sites is 1. The minimum Gasteiger partial charge on any atom is -0.480 e. The van der Waals surface area contributed by atoms with Gasteiger partial charge in [-0.15, -0.1) is 0 Å². The molecular formula is C24H29N5O4. The fraction of sp³-hybridized carbons (Fsp3) is 0.458. The van der Waals surface area contributed by atoms with Crippen LogP contribution in [0.3, 0.4) is 0 Å². The third-order valence-electron chi connectivity index (χ3n) is 6.70. The zero-order valence-electron chi connectivity index (χ0n) is 19.0. The van der Waals surface area contributed by atoms with Crippen LogP contribution in [0.2, 0.25) is 0 Å². The van der Waals surface area contributed by atoms with Crippen LogP contribution in [0.15, 0.2) is 24.3 Å². The zero-order chi connectivity index (χ0) is 23.0. The molecule has 0 bridgehead atoms. The standard InChI is InChI=1S/C24H29N5O4/c1-31-24(32-2)10-9-17-18(15-24)26-23(27-21(17)25)29-13-11-28(12-14-29)22(30)20-8-7-16-5-3-4-6-19(16)33-20/h3-6,9,15,20H,7-8,10-14H2,1-2H3,(H2,25,26,27). The molecule has 9 heteroatoms. The summed E-state index contributed by atoms with van der Waals surface area (Å²) in [6.07, 6.45) is 5.46. The topological polar surface area (TPSA) is 103 Å². The van der Waals surface area contributed by atoms with Crippen molar-refractivity contribution in [2.24, 2.45) is 0 Å². The number of ether oxygens (including phenoxy) is 3. The Morgan fingerprint density at radius 2 is 1.91 bits per heavy atom. The van der Waals surface area contributed by atoms with Crippen LogP contribution in [-0.4, -0.2) is 73.1 Å². The molecule has 1 saturated heterocycles. The summed E-state index contributed by atoms with van der Waals surface area (Å²) < 4.78 is 17.1. The van der Waals surface area contributed by atoms with E-state index in [0.717, 1.165) is 23.0 Å². The van der Waals surface area contributed by atoms with Gasteiger partial charge in [-0.25, -0.2) is 4.98 Å². The van der Waals surface area contributed by atoms with Crippen LogP contribution in [0.4, 0.5) is 11.8 Å². The molecule has 2 N–H and O–H groups in total. The Bertz CT molecular complexity index is 1170. The number of aryl methyl sites for hydroxylation is 1. The first kappa shape index (κ1) is 21.7. The van der Waals surface area contributed by atoms with Gasteiger partial charge in [0.2, 0.25) is 5.95 Å². The Morgan fingerprint density at radius 1 is 1.15 bits per heavy atom. The lowest BCUT2D eigenvalue weighted by molar-refractivity contribution is -0.152. The average molecular weight is 452 g/mol. The van der Waals surface area contributed by atoms with E-state index in [1.165, 1.54) is 0 Å². The first-order chi connectivity index (χ1) is 16.0. The number of nitrogens with zero attached hydrogens (tertiary/aromatic N) is 4. The van der Waals surface area contributed by atoms with Crippen molar-refractivity contribution in [1.82, 2.24) is 14.9 Å². The minimum absolute atomic E-state index is 0.0444. The number of fused-ring (bicyclic) bond motifs is 2. The van der Waals surface area contributed by atoms with Crippen molar-refractivity contribution in [2.45, 2.75) is 31.2 Å². The molecule has 0 spiro atoms. The van der Waals surface area contributed by atoms with Crippen LogP contribution in [0.25, 0.3) is 12.2 Å². The van der Waals surface area contributed by atoms with Gasteiger partial charge in [0.25, 0.3) is 5.91 Å². The number of nitrogens with two attached hydrogens (primary N) is 1. The van der Waals surface area contributed by atoms with Gasteiger partial charge in [-0.3, -0.25) is 4.79 Å². The van der Waals surface area contributed by atoms with Crippen LogP contribution in [-0.2, 0) is 20.7 Å². The van der Waals surface area contributed by atoms with Gasteiger partial charge in [-0.2, -0.15) is 4.98 Å². The quantitative estimate of drug-likeness (QED) is 0.651. The fourth-order valence-electron chi connectivity index (χ4n) is 4.66. The van der Waals surface area contributed by atoms with Gasteiger partial charge >= 0.3 is 0 Å². The first-order valence-electron chi connectivity index (χ1n) is 11.3. The highest BCUT2D eigenvalue weighted by molar-refractivity contribution is 5.82. The van der Waals surface area contributed by atoms with E-state index < -0.39 is 11.9 Å².